The maximum atomic E-state index is 13.0. The molecule has 1 rings (SSSR count). The molecule has 0 aliphatic carbocycles. The maximum absolute atomic E-state index is 13.0. The molecule has 1 aromatic rings. The van der Waals surface area contributed by atoms with Gasteiger partial charge in [-0.2, -0.15) is 0 Å². The van der Waals surface area contributed by atoms with Crippen LogP contribution in [0.3, 0.4) is 0 Å². The van der Waals surface area contributed by atoms with E-state index in [1.54, 1.807) is 20.8 Å². The number of rotatable bonds is 10. The highest BCUT2D eigenvalue weighted by Gasteiger charge is 2.29. The summed E-state index contributed by atoms with van der Waals surface area (Å²) in [6.45, 7) is 10.4. The normalized spacial score (nSPS) is 14.1. The number of hydrogen-bond donors (Lipinski definition) is 4. The van der Waals surface area contributed by atoms with E-state index >= 15 is 0 Å². The third kappa shape index (κ3) is 10.3. The van der Waals surface area contributed by atoms with Crippen molar-refractivity contribution >= 4 is 23.8 Å². The van der Waals surface area contributed by atoms with Crippen LogP contribution in [0, 0.1) is 5.92 Å². The van der Waals surface area contributed by atoms with Gasteiger partial charge in [-0.1, -0.05) is 44.2 Å². The maximum Gasteiger partial charge on any atom is 0.408 e. The van der Waals surface area contributed by atoms with E-state index in [-0.39, 0.29) is 12.3 Å². The lowest BCUT2D eigenvalue weighted by atomic mass is 10.0. The lowest BCUT2D eigenvalue weighted by Gasteiger charge is -2.25. The minimum atomic E-state index is -0.971. The number of primary amides is 1. The summed E-state index contributed by atoms with van der Waals surface area (Å²) in [5.41, 5.74) is 5.55. The van der Waals surface area contributed by atoms with Crippen molar-refractivity contribution < 1.29 is 23.9 Å². The SMILES string of the molecule is CC(C)C[C@H](NC(=O)[C@H](Cc1ccccc1)NC(=O)[C@H](C)NC(=O)OC(C)(C)C)C(N)=O. The molecule has 0 saturated heterocycles. The average Bonchev–Trinajstić information content (AvgIpc) is 2.65. The highest BCUT2D eigenvalue weighted by atomic mass is 16.6. The Morgan fingerprint density at radius 1 is 0.906 bits per heavy atom. The molecule has 1 aromatic carbocycles. The van der Waals surface area contributed by atoms with E-state index in [0.29, 0.717) is 6.42 Å². The molecular formula is C23H36N4O5. The van der Waals surface area contributed by atoms with Gasteiger partial charge in [0.15, 0.2) is 0 Å². The number of benzene rings is 1. The summed E-state index contributed by atoms with van der Waals surface area (Å²) in [6, 6.07) is 6.38. The van der Waals surface area contributed by atoms with Crippen LogP contribution in [-0.2, 0) is 25.5 Å². The van der Waals surface area contributed by atoms with Crippen LogP contribution < -0.4 is 21.7 Å². The second-order valence-corrected chi connectivity index (χ2v) is 9.21. The first-order valence-electron chi connectivity index (χ1n) is 10.7. The summed E-state index contributed by atoms with van der Waals surface area (Å²) in [5, 5.41) is 7.75. The number of carbonyl (C=O) groups excluding carboxylic acids is 4. The van der Waals surface area contributed by atoms with E-state index in [0.717, 1.165) is 5.56 Å². The zero-order chi connectivity index (χ0) is 24.5. The van der Waals surface area contributed by atoms with Crippen molar-refractivity contribution in [3.8, 4) is 0 Å². The zero-order valence-electron chi connectivity index (χ0n) is 19.7. The van der Waals surface area contributed by atoms with Gasteiger partial charge in [-0.05, 0) is 45.6 Å². The van der Waals surface area contributed by atoms with Crippen LogP contribution in [0.15, 0.2) is 30.3 Å². The van der Waals surface area contributed by atoms with Gasteiger partial charge in [-0.3, -0.25) is 14.4 Å². The van der Waals surface area contributed by atoms with Crippen LogP contribution in [0.2, 0.25) is 0 Å². The van der Waals surface area contributed by atoms with Gasteiger partial charge in [0.1, 0.15) is 23.7 Å². The minimum Gasteiger partial charge on any atom is -0.444 e. The molecule has 9 heteroatoms. The third-order valence-corrected chi connectivity index (χ3v) is 4.41. The van der Waals surface area contributed by atoms with E-state index in [9.17, 15) is 19.2 Å². The molecule has 0 unspecified atom stereocenters. The molecule has 0 aliphatic heterocycles. The standard InChI is InChI=1S/C23H36N4O5/c1-14(2)12-17(19(24)28)26-21(30)18(13-16-10-8-7-9-11-16)27-20(29)15(3)25-22(31)32-23(4,5)6/h7-11,14-15,17-18H,12-13H2,1-6H3,(H2,24,28)(H,25,31)(H,26,30)(H,27,29)/t15-,17-,18-/m0/s1. The molecule has 9 nitrogen and oxygen atoms in total. The number of hydrogen-bond acceptors (Lipinski definition) is 5. The average molecular weight is 449 g/mol. The third-order valence-electron chi connectivity index (χ3n) is 4.41. The van der Waals surface area contributed by atoms with Gasteiger partial charge >= 0.3 is 6.09 Å². The van der Waals surface area contributed by atoms with Gasteiger partial charge in [-0.15, -0.1) is 0 Å². The highest BCUT2D eigenvalue weighted by Crippen LogP contribution is 2.09. The zero-order valence-corrected chi connectivity index (χ0v) is 19.7. The Morgan fingerprint density at radius 3 is 1.97 bits per heavy atom. The summed E-state index contributed by atoms with van der Waals surface area (Å²) < 4.78 is 5.16. The van der Waals surface area contributed by atoms with Gasteiger partial charge in [0.05, 0.1) is 0 Å². The molecule has 32 heavy (non-hydrogen) atoms. The Hall–Kier alpha value is -3.10. The molecule has 5 N–H and O–H groups in total. The summed E-state index contributed by atoms with van der Waals surface area (Å²) in [5.74, 6) is -1.60. The van der Waals surface area contributed by atoms with Crippen molar-refractivity contribution in [3.05, 3.63) is 35.9 Å². The van der Waals surface area contributed by atoms with Crippen LogP contribution in [0.4, 0.5) is 4.79 Å². The van der Waals surface area contributed by atoms with Gasteiger partial charge in [0.2, 0.25) is 17.7 Å². The van der Waals surface area contributed by atoms with Crippen molar-refractivity contribution in [3.63, 3.8) is 0 Å². The summed E-state index contributed by atoms with van der Waals surface area (Å²) in [4.78, 5) is 49.4. The van der Waals surface area contributed by atoms with Crippen LogP contribution in [-0.4, -0.2) is 47.5 Å². The van der Waals surface area contributed by atoms with Gasteiger partial charge in [-0.25, -0.2) is 4.79 Å². The van der Waals surface area contributed by atoms with Crippen LogP contribution in [0.1, 0.15) is 53.5 Å². The molecule has 4 amide bonds. The quantitative estimate of drug-likeness (QED) is 0.431. The Kier molecular flexibility index (Phi) is 10.2. The van der Waals surface area contributed by atoms with Crippen LogP contribution >= 0.6 is 0 Å². The fourth-order valence-corrected chi connectivity index (χ4v) is 2.90. The topological polar surface area (TPSA) is 140 Å². The first-order valence-corrected chi connectivity index (χ1v) is 10.7. The molecule has 0 fully saturated rings. The molecule has 0 saturated carbocycles. The molecule has 0 bridgehead atoms. The van der Waals surface area contributed by atoms with E-state index < -0.39 is 47.5 Å². The van der Waals surface area contributed by atoms with Crippen LogP contribution in [0.5, 0.6) is 0 Å². The lowest BCUT2D eigenvalue weighted by Crippen LogP contribution is -2.56. The van der Waals surface area contributed by atoms with Crippen molar-refractivity contribution in [2.24, 2.45) is 11.7 Å². The molecule has 0 heterocycles. The van der Waals surface area contributed by atoms with Crippen LogP contribution in [0.25, 0.3) is 0 Å². The lowest BCUT2D eigenvalue weighted by molar-refractivity contribution is -0.132. The smallest absolute Gasteiger partial charge is 0.408 e. The van der Waals surface area contributed by atoms with Crippen molar-refractivity contribution in [2.45, 2.75) is 78.1 Å². The number of nitrogens with one attached hydrogen (secondary N) is 3. The van der Waals surface area contributed by atoms with Gasteiger partial charge in [0, 0.05) is 6.42 Å². The molecule has 0 radical (unpaired) electrons. The van der Waals surface area contributed by atoms with E-state index in [1.807, 2.05) is 44.2 Å². The Labute approximate surface area is 189 Å². The number of amides is 4. The van der Waals surface area contributed by atoms with Gasteiger partial charge in [0.25, 0.3) is 0 Å². The number of alkyl carbamates (subject to hydrolysis) is 1. The Bertz CT molecular complexity index is 789. The second-order valence-electron chi connectivity index (χ2n) is 9.21. The predicted octanol–water partition coefficient (Wildman–Crippen LogP) is 1.64. The molecule has 178 valence electrons. The largest absolute Gasteiger partial charge is 0.444 e. The minimum absolute atomic E-state index is 0.132. The number of ether oxygens (including phenoxy) is 1. The highest BCUT2D eigenvalue weighted by molar-refractivity contribution is 5.93. The van der Waals surface area contributed by atoms with Crippen molar-refractivity contribution in [1.82, 2.24) is 16.0 Å². The summed E-state index contributed by atoms with van der Waals surface area (Å²) in [6.07, 6.45) is -0.163. The predicted molar refractivity (Wildman–Crippen MR) is 121 cm³/mol. The molecule has 0 aliphatic rings. The first kappa shape index (κ1) is 26.9. The van der Waals surface area contributed by atoms with Crippen molar-refractivity contribution in [2.75, 3.05) is 0 Å². The van der Waals surface area contributed by atoms with E-state index in [4.69, 9.17) is 10.5 Å². The second kappa shape index (κ2) is 12.1. The molecule has 0 aromatic heterocycles. The fraction of sp³-hybridized carbons (Fsp3) is 0.565. The van der Waals surface area contributed by atoms with Crippen molar-refractivity contribution in [1.29, 1.82) is 0 Å². The summed E-state index contributed by atoms with van der Waals surface area (Å²) in [7, 11) is 0. The molecule has 0 spiro atoms. The number of carbonyl (C=O) groups is 4. The van der Waals surface area contributed by atoms with E-state index in [2.05, 4.69) is 16.0 Å². The first-order chi connectivity index (χ1) is 14.8. The summed E-state index contributed by atoms with van der Waals surface area (Å²) >= 11 is 0. The Morgan fingerprint density at radius 2 is 1.47 bits per heavy atom. The molecule has 3 atom stereocenters. The fourth-order valence-electron chi connectivity index (χ4n) is 2.90. The monoisotopic (exact) mass is 448 g/mol. The Balaban J connectivity index is 2.93. The van der Waals surface area contributed by atoms with Gasteiger partial charge < -0.3 is 26.4 Å². The molecular weight excluding hydrogens is 412 g/mol. The number of nitrogens with two attached hydrogens (primary N) is 1. The van der Waals surface area contributed by atoms with E-state index in [1.165, 1.54) is 6.92 Å².